The Kier molecular flexibility index (Phi) is 10.8. The van der Waals surface area contributed by atoms with Crippen molar-refractivity contribution in [2.75, 3.05) is 6.61 Å². The fraction of sp³-hybridized carbons (Fsp3) is 0.351. The zero-order chi connectivity index (χ0) is 35.1. The van der Waals surface area contributed by atoms with E-state index in [9.17, 15) is 28.8 Å². The van der Waals surface area contributed by atoms with Gasteiger partial charge in [-0.1, -0.05) is 78.9 Å². The van der Waals surface area contributed by atoms with Crippen molar-refractivity contribution >= 4 is 35.8 Å². The number of amides is 4. The van der Waals surface area contributed by atoms with Gasteiger partial charge in [-0.2, -0.15) is 0 Å². The number of esters is 1. The summed E-state index contributed by atoms with van der Waals surface area (Å²) in [6.07, 6.45) is -1.56. The minimum Gasteiger partial charge on any atom is -0.460 e. The first kappa shape index (κ1) is 34.8. The molecule has 2 N–H and O–H groups in total. The van der Waals surface area contributed by atoms with Gasteiger partial charge in [0.1, 0.15) is 24.3 Å². The molecule has 4 amide bonds. The Morgan fingerprint density at radius 2 is 1.37 bits per heavy atom. The van der Waals surface area contributed by atoms with Gasteiger partial charge in [-0.05, 0) is 55.0 Å². The Hall–Kier alpha value is -5.52. The third-order valence-corrected chi connectivity index (χ3v) is 8.08. The molecule has 256 valence electrons. The molecule has 3 aromatic rings. The molecule has 1 aliphatic carbocycles. The van der Waals surface area contributed by atoms with Gasteiger partial charge in [-0.25, -0.2) is 9.59 Å². The van der Waals surface area contributed by atoms with E-state index in [-0.39, 0.29) is 44.6 Å². The molecule has 0 radical (unpaired) electrons. The second kappa shape index (κ2) is 15.1. The maximum absolute atomic E-state index is 13.7. The van der Waals surface area contributed by atoms with Gasteiger partial charge in [0.15, 0.2) is 0 Å². The maximum Gasteiger partial charge on any atom is 0.407 e. The molecule has 0 unspecified atom stereocenters. The highest BCUT2D eigenvalue weighted by molar-refractivity contribution is 6.02. The van der Waals surface area contributed by atoms with Crippen LogP contribution in [0, 0.1) is 0 Å². The molecule has 1 fully saturated rings. The van der Waals surface area contributed by atoms with Crippen LogP contribution in [0.5, 0.6) is 0 Å². The summed E-state index contributed by atoms with van der Waals surface area (Å²) in [6.45, 7) is 5.11. The number of fused-ring (bicyclic) bond motifs is 3. The summed E-state index contributed by atoms with van der Waals surface area (Å²) in [6, 6.07) is 21.8. The number of carbonyl (C=O) groups excluding carboxylic acids is 6. The third kappa shape index (κ3) is 8.89. The van der Waals surface area contributed by atoms with Gasteiger partial charge in [-0.15, -0.1) is 5.06 Å². The molecule has 12 heteroatoms. The number of nitrogens with zero attached hydrogens (tertiary/aromatic N) is 1. The standard InChI is InChI=1S/C37H39N3O9/c1-37(2,3)48-33(43)20-17-29(39-36(46)47-22-28-26-15-9-7-13-24(26)25-14-8-10-16-27(25)28)34(44)38-30(21-23-11-5-4-6-12-23)35(45)49-40-31(41)18-19-32(40)42/h4-16,28-30H,17-22H2,1-3H3,(H,38,44)(H,39,46)/t29-,30-/m0/s1. The van der Waals surface area contributed by atoms with Crippen molar-refractivity contribution in [1.29, 1.82) is 0 Å². The number of carbonyl (C=O) groups is 6. The average molecular weight is 670 g/mol. The lowest BCUT2D eigenvalue weighted by molar-refractivity contribution is -0.199. The Morgan fingerprint density at radius 3 is 1.96 bits per heavy atom. The lowest BCUT2D eigenvalue weighted by atomic mass is 9.98. The topological polar surface area (TPSA) is 157 Å². The summed E-state index contributed by atoms with van der Waals surface area (Å²) in [4.78, 5) is 82.2. The lowest BCUT2D eigenvalue weighted by Gasteiger charge is -2.24. The van der Waals surface area contributed by atoms with Crippen LogP contribution in [-0.2, 0) is 44.7 Å². The summed E-state index contributed by atoms with van der Waals surface area (Å²) in [5, 5.41) is 5.54. The van der Waals surface area contributed by atoms with E-state index in [1.54, 1.807) is 51.1 Å². The van der Waals surface area contributed by atoms with E-state index in [1.165, 1.54) is 0 Å². The number of hydrogen-bond donors (Lipinski definition) is 2. The fourth-order valence-corrected chi connectivity index (χ4v) is 5.83. The number of hydrogen-bond acceptors (Lipinski definition) is 9. The molecule has 5 rings (SSSR count). The molecule has 0 saturated carbocycles. The number of benzene rings is 3. The van der Waals surface area contributed by atoms with E-state index in [1.807, 2.05) is 48.5 Å². The van der Waals surface area contributed by atoms with Gasteiger partial charge < -0.3 is 24.9 Å². The first-order chi connectivity index (χ1) is 23.4. The van der Waals surface area contributed by atoms with Gasteiger partial charge in [0, 0.05) is 31.6 Å². The molecule has 0 bridgehead atoms. The van der Waals surface area contributed by atoms with E-state index in [0.717, 1.165) is 22.3 Å². The predicted molar refractivity (Wildman–Crippen MR) is 176 cm³/mol. The molecular formula is C37H39N3O9. The van der Waals surface area contributed by atoms with E-state index in [0.29, 0.717) is 10.6 Å². The van der Waals surface area contributed by atoms with Gasteiger partial charge in [0.05, 0.1) is 0 Å². The Balaban J connectivity index is 1.31. The molecule has 2 aliphatic rings. The zero-order valence-corrected chi connectivity index (χ0v) is 27.6. The van der Waals surface area contributed by atoms with Crippen molar-refractivity contribution < 1.29 is 43.1 Å². The monoisotopic (exact) mass is 669 g/mol. The highest BCUT2D eigenvalue weighted by Crippen LogP contribution is 2.44. The number of rotatable bonds is 12. The molecular weight excluding hydrogens is 630 g/mol. The minimum absolute atomic E-state index is 0.0128. The quantitative estimate of drug-likeness (QED) is 0.211. The smallest absolute Gasteiger partial charge is 0.407 e. The van der Waals surface area contributed by atoms with Crippen molar-refractivity contribution in [2.24, 2.45) is 0 Å². The first-order valence-electron chi connectivity index (χ1n) is 16.1. The normalized spacial score (nSPS) is 15.1. The van der Waals surface area contributed by atoms with Crippen LogP contribution in [0.3, 0.4) is 0 Å². The molecule has 1 aliphatic heterocycles. The molecule has 1 heterocycles. The molecule has 49 heavy (non-hydrogen) atoms. The fourth-order valence-electron chi connectivity index (χ4n) is 5.83. The largest absolute Gasteiger partial charge is 0.460 e. The molecule has 3 aromatic carbocycles. The Morgan fingerprint density at radius 1 is 0.796 bits per heavy atom. The first-order valence-corrected chi connectivity index (χ1v) is 16.1. The van der Waals surface area contributed by atoms with E-state index in [4.69, 9.17) is 14.3 Å². The number of nitrogens with one attached hydrogen (secondary N) is 2. The van der Waals surface area contributed by atoms with Crippen LogP contribution in [0.2, 0.25) is 0 Å². The SMILES string of the molecule is CC(C)(C)OC(=O)CC[C@H](NC(=O)OCC1c2ccccc2-c2ccccc21)C(=O)N[C@@H](Cc1ccccc1)C(=O)ON1C(=O)CCC1=O. The van der Waals surface area contributed by atoms with Crippen LogP contribution in [0.25, 0.3) is 11.1 Å². The van der Waals surface area contributed by atoms with Crippen LogP contribution in [-0.4, -0.2) is 65.1 Å². The van der Waals surface area contributed by atoms with Crippen LogP contribution in [0.1, 0.15) is 69.1 Å². The predicted octanol–water partition coefficient (Wildman–Crippen LogP) is 4.35. The van der Waals surface area contributed by atoms with Crippen molar-refractivity contribution in [2.45, 2.75) is 76.5 Å². The molecule has 12 nitrogen and oxygen atoms in total. The second-order valence-corrected chi connectivity index (χ2v) is 12.9. The van der Waals surface area contributed by atoms with E-state index < -0.39 is 53.4 Å². The van der Waals surface area contributed by atoms with E-state index in [2.05, 4.69) is 10.6 Å². The molecule has 0 spiro atoms. The van der Waals surface area contributed by atoms with Crippen molar-refractivity contribution in [3.63, 3.8) is 0 Å². The van der Waals surface area contributed by atoms with Crippen molar-refractivity contribution in [1.82, 2.24) is 15.7 Å². The summed E-state index contributed by atoms with van der Waals surface area (Å²) < 4.78 is 11.0. The third-order valence-electron chi connectivity index (χ3n) is 8.08. The van der Waals surface area contributed by atoms with Crippen LogP contribution >= 0.6 is 0 Å². The van der Waals surface area contributed by atoms with Crippen molar-refractivity contribution in [3.8, 4) is 11.1 Å². The van der Waals surface area contributed by atoms with Gasteiger partial charge in [0.25, 0.3) is 11.8 Å². The highest BCUT2D eigenvalue weighted by Gasteiger charge is 2.37. The van der Waals surface area contributed by atoms with Crippen LogP contribution in [0.15, 0.2) is 78.9 Å². The summed E-state index contributed by atoms with van der Waals surface area (Å²) in [5.41, 5.74) is 4.00. The van der Waals surface area contributed by atoms with Crippen molar-refractivity contribution in [3.05, 3.63) is 95.6 Å². The summed E-state index contributed by atoms with van der Waals surface area (Å²) >= 11 is 0. The number of alkyl carbamates (subject to hydrolysis) is 1. The molecule has 1 saturated heterocycles. The number of ether oxygens (including phenoxy) is 2. The molecule has 2 atom stereocenters. The lowest BCUT2D eigenvalue weighted by Crippen LogP contribution is -2.53. The molecule has 0 aromatic heterocycles. The highest BCUT2D eigenvalue weighted by atomic mass is 16.7. The maximum atomic E-state index is 13.7. The second-order valence-electron chi connectivity index (χ2n) is 12.9. The summed E-state index contributed by atoms with van der Waals surface area (Å²) in [7, 11) is 0. The Bertz CT molecular complexity index is 1670. The summed E-state index contributed by atoms with van der Waals surface area (Å²) in [5.74, 6) is -4.02. The van der Waals surface area contributed by atoms with E-state index >= 15 is 0 Å². The average Bonchev–Trinajstić information content (AvgIpc) is 3.56. The van der Waals surface area contributed by atoms with Gasteiger partial charge in [0.2, 0.25) is 5.91 Å². The van der Waals surface area contributed by atoms with Gasteiger partial charge in [-0.3, -0.25) is 19.2 Å². The number of imide groups is 1. The van der Waals surface area contributed by atoms with Crippen LogP contribution in [0.4, 0.5) is 4.79 Å². The zero-order valence-electron chi connectivity index (χ0n) is 27.6. The minimum atomic E-state index is -1.36. The van der Waals surface area contributed by atoms with Gasteiger partial charge >= 0.3 is 18.0 Å². The Labute approximate surface area is 284 Å². The number of hydroxylamine groups is 2. The van der Waals surface area contributed by atoms with Crippen LogP contribution < -0.4 is 10.6 Å².